The Bertz CT molecular complexity index is 525. The van der Waals surface area contributed by atoms with E-state index in [0.717, 1.165) is 10.6 Å². The fourth-order valence-corrected chi connectivity index (χ4v) is 5.11. The van der Waals surface area contributed by atoms with Crippen LogP contribution in [-0.4, -0.2) is 62.2 Å². The molecule has 17 heavy (non-hydrogen) atoms. The molecule has 0 amide bonds. The van der Waals surface area contributed by atoms with Crippen LogP contribution < -0.4 is 5.73 Å². The lowest BCUT2D eigenvalue weighted by Crippen LogP contribution is -2.51. The zero-order valence-corrected chi connectivity index (χ0v) is 10.8. The second-order valence-electron chi connectivity index (χ2n) is 4.20. The number of nitrogens with zero attached hydrogens (tertiary/aromatic N) is 1. The SMILES string of the molecule is CS(=O)(=O)CS(=O)(=O)N1CCC(N)(C(=O)O)C1. The van der Waals surface area contributed by atoms with Gasteiger partial charge in [0.1, 0.15) is 5.54 Å². The number of hydrogen-bond acceptors (Lipinski definition) is 6. The second-order valence-corrected chi connectivity index (χ2v) is 8.67. The fraction of sp³-hybridized carbons (Fsp3) is 0.857. The maximum Gasteiger partial charge on any atom is 0.325 e. The summed E-state index contributed by atoms with van der Waals surface area (Å²) in [5, 5.41) is 7.79. The summed E-state index contributed by atoms with van der Waals surface area (Å²) in [6, 6.07) is 0. The number of hydrogen-bond donors (Lipinski definition) is 2. The summed E-state index contributed by atoms with van der Waals surface area (Å²) >= 11 is 0. The maximum absolute atomic E-state index is 11.7. The molecule has 1 saturated heterocycles. The van der Waals surface area contributed by atoms with E-state index in [-0.39, 0.29) is 13.0 Å². The molecule has 1 aliphatic heterocycles. The van der Waals surface area contributed by atoms with E-state index in [1.807, 2.05) is 0 Å². The van der Waals surface area contributed by atoms with Crippen molar-refractivity contribution in [2.75, 3.05) is 24.4 Å². The third-order valence-electron chi connectivity index (χ3n) is 2.45. The van der Waals surface area contributed by atoms with Crippen LogP contribution in [0, 0.1) is 0 Å². The van der Waals surface area contributed by atoms with Crippen molar-refractivity contribution in [3.8, 4) is 0 Å². The lowest BCUT2D eigenvalue weighted by atomic mass is 10.0. The Hall–Kier alpha value is -0.710. The van der Waals surface area contributed by atoms with Gasteiger partial charge in [-0.3, -0.25) is 4.79 Å². The Morgan fingerprint density at radius 2 is 1.94 bits per heavy atom. The van der Waals surface area contributed by atoms with Crippen LogP contribution in [0.25, 0.3) is 0 Å². The lowest BCUT2D eigenvalue weighted by molar-refractivity contribution is -0.142. The van der Waals surface area contributed by atoms with Gasteiger partial charge in [-0.05, 0) is 6.42 Å². The van der Waals surface area contributed by atoms with E-state index in [1.54, 1.807) is 0 Å². The first-order valence-electron chi connectivity index (χ1n) is 4.64. The monoisotopic (exact) mass is 286 g/mol. The molecule has 1 atom stereocenters. The Balaban J connectivity index is 2.89. The molecule has 100 valence electrons. The second kappa shape index (κ2) is 4.19. The maximum atomic E-state index is 11.7. The molecular formula is C7H14N2O6S2. The molecule has 1 heterocycles. The summed E-state index contributed by atoms with van der Waals surface area (Å²) < 4.78 is 46.0. The summed E-state index contributed by atoms with van der Waals surface area (Å²) in [6.45, 7) is -0.485. The molecule has 1 unspecified atom stereocenters. The van der Waals surface area contributed by atoms with E-state index in [9.17, 15) is 21.6 Å². The molecule has 0 aromatic carbocycles. The number of sulfone groups is 1. The van der Waals surface area contributed by atoms with E-state index in [4.69, 9.17) is 10.8 Å². The van der Waals surface area contributed by atoms with E-state index in [0.29, 0.717) is 0 Å². The number of carboxylic acids is 1. The highest BCUT2D eigenvalue weighted by molar-refractivity contribution is 8.06. The molecule has 0 spiro atoms. The first-order valence-corrected chi connectivity index (χ1v) is 8.31. The molecule has 0 saturated carbocycles. The Morgan fingerprint density at radius 1 is 1.41 bits per heavy atom. The van der Waals surface area contributed by atoms with Crippen molar-refractivity contribution in [2.45, 2.75) is 12.0 Å². The van der Waals surface area contributed by atoms with Crippen LogP contribution in [0.2, 0.25) is 0 Å². The molecule has 8 nitrogen and oxygen atoms in total. The summed E-state index contributed by atoms with van der Waals surface area (Å²) in [5.74, 6) is -1.30. The Kier molecular flexibility index (Phi) is 3.54. The van der Waals surface area contributed by atoms with Gasteiger partial charge in [0.2, 0.25) is 10.0 Å². The van der Waals surface area contributed by atoms with Gasteiger partial charge in [0.25, 0.3) is 0 Å². The number of nitrogens with two attached hydrogens (primary N) is 1. The van der Waals surface area contributed by atoms with E-state index < -0.39 is 43.0 Å². The topological polar surface area (TPSA) is 135 Å². The van der Waals surface area contributed by atoms with Gasteiger partial charge >= 0.3 is 5.97 Å². The predicted octanol–water partition coefficient (Wildman–Crippen LogP) is -2.19. The highest BCUT2D eigenvalue weighted by Crippen LogP contribution is 2.22. The predicted molar refractivity (Wildman–Crippen MR) is 59.4 cm³/mol. The zero-order valence-electron chi connectivity index (χ0n) is 9.16. The Labute approximate surface area is 99.4 Å². The molecule has 1 aliphatic rings. The van der Waals surface area contributed by atoms with Gasteiger partial charge in [0.15, 0.2) is 14.9 Å². The number of rotatable bonds is 4. The third kappa shape index (κ3) is 3.37. The van der Waals surface area contributed by atoms with Crippen LogP contribution in [0.5, 0.6) is 0 Å². The van der Waals surface area contributed by atoms with Crippen molar-refractivity contribution in [1.29, 1.82) is 0 Å². The standard InChI is InChI=1S/C7H14N2O6S2/c1-16(12,13)5-17(14,15)9-3-2-7(8,4-9)6(10)11/h2-5,8H2,1H3,(H,10,11). The van der Waals surface area contributed by atoms with Gasteiger partial charge in [0.05, 0.1) is 0 Å². The molecule has 0 aromatic heterocycles. The van der Waals surface area contributed by atoms with Gasteiger partial charge in [0, 0.05) is 19.3 Å². The molecule has 3 N–H and O–H groups in total. The molecule has 1 fully saturated rings. The Morgan fingerprint density at radius 3 is 2.29 bits per heavy atom. The first kappa shape index (κ1) is 14.4. The molecule has 0 radical (unpaired) electrons. The van der Waals surface area contributed by atoms with Gasteiger partial charge in [-0.1, -0.05) is 0 Å². The summed E-state index contributed by atoms with van der Waals surface area (Å²) in [5.41, 5.74) is 3.86. The number of aliphatic carboxylic acids is 1. The number of carbonyl (C=O) groups is 1. The van der Waals surface area contributed by atoms with Crippen molar-refractivity contribution in [3.05, 3.63) is 0 Å². The van der Waals surface area contributed by atoms with Crippen LogP contribution in [0.1, 0.15) is 6.42 Å². The highest BCUT2D eigenvalue weighted by Gasteiger charge is 2.45. The van der Waals surface area contributed by atoms with Crippen molar-refractivity contribution in [1.82, 2.24) is 4.31 Å². The summed E-state index contributed by atoms with van der Waals surface area (Å²) in [7, 11) is -7.71. The van der Waals surface area contributed by atoms with Crippen LogP contribution in [0.15, 0.2) is 0 Å². The quantitative estimate of drug-likeness (QED) is 0.599. The number of sulfonamides is 1. The summed E-state index contributed by atoms with van der Waals surface area (Å²) in [6.07, 6.45) is 0.763. The molecule has 10 heteroatoms. The van der Waals surface area contributed by atoms with E-state index >= 15 is 0 Å². The van der Waals surface area contributed by atoms with Crippen molar-refractivity contribution in [2.24, 2.45) is 5.73 Å². The highest BCUT2D eigenvalue weighted by atomic mass is 32.3. The van der Waals surface area contributed by atoms with Crippen molar-refractivity contribution < 1.29 is 26.7 Å². The number of carboxylic acid groups (broad SMARTS) is 1. The minimum Gasteiger partial charge on any atom is -0.480 e. The average molecular weight is 286 g/mol. The van der Waals surface area contributed by atoms with Gasteiger partial charge in [-0.25, -0.2) is 16.8 Å². The fourth-order valence-electron chi connectivity index (χ4n) is 1.55. The van der Waals surface area contributed by atoms with E-state index in [2.05, 4.69) is 0 Å². The molecule has 0 aromatic rings. The lowest BCUT2D eigenvalue weighted by Gasteiger charge is -2.19. The van der Waals surface area contributed by atoms with Crippen molar-refractivity contribution in [3.63, 3.8) is 0 Å². The van der Waals surface area contributed by atoms with Gasteiger partial charge < -0.3 is 10.8 Å². The molecule has 0 aliphatic carbocycles. The van der Waals surface area contributed by atoms with Gasteiger partial charge in [-0.15, -0.1) is 0 Å². The van der Waals surface area contributed by atoms with Crippen molar-refractivity contribution >= 4 is 25.8 Å². The van der Waals surface area contributed by atoms with Crippen LogP contribution >= 0.6 is 0 Å². The first-order chi connectivity index (χ1) is 7.46. The smallest absolute Gasteiger partial charge is 0.325 e. The zero-order chi connectivity index (χ0) is 13.5. The van der Waals surface area contributed by atoms with Crippen LogP contribution in [0.3, 0.4) is 0 Å². The van der Waals surface area contributed by atoms with Crippen LogP contribution in [-0.2, 0) is 24.7 Å². The van der Waals surface area contributed by atoms with Crippen LogP contribution in [0.4, 0.5) is 0 Å². The molecule has 0 bridgehead atoms. The third-order valence-corrected chi connectivity index (χ3v) is 6.45. The molecule has 1 rings (SSSR count). The minimum absolute atomic E-state index is 0.0364. The minimum atomic E-state index is -4.02. The molecular weight excluding hydrogens is 272 g/mol. The average Bonchev–Trinajstić information content (AvgIpc) is 2.45. The largest absolute Gasteiger partial charge is 0.480 e. The summed E-state index contributed by atoms with van der Waals surface area (Å²) in [4.78, 5) is 10.8. The normalized spacial score (nSPS) is 27.2. The van der Waals surface area contributed by atoms with E-state index in [1.165, 1.54) is 0 Å². The van der Waals surface area contributed by atoms with Gasteiger partial charge in [-0.2, -0.15) is 4.31 Å².